The molecule has 1 aliphatic heterocycles. The first-order valence-electron chi connectivity index (χ1n) is 10.1. The summed E-state index contributed by atoms with van der Waals surface area (Å²) >= 11 is 6.12. The van der Waals surface area contributed by atoms with E-state index in [4.69, 9.17) is 16.3 Å². The molecule has 7 heteroatoms. The second-order valence-electron chi connectivity index (χ2n) is 7.48. The van der Waals surface area contributed by atoms with E-state index in [9.17, 15) is 0 Å². The smallest absolute Gasteiger partial charge is 0.227 e. The van der Waals surface area contributed by atoms with E-state index >= 15 is 0 Å². The van der Waals surface area contributed by atoms with Gasteiger partial charge in [0.1, 0.15) is 5.75 Å². The van der Waals surface area contributed by atoms with Gasteiger partial charge in [0, 0.05) is 50.2 Å². The van der Waals surface area contributed by atoms with Gasteiger partial charge in [0.2, 0.25) is 5.95 Å². The van der Waals surface area contributed by atoms with Crippen molar-refractivity contribution in [1.29, 1.82) is 0 Å². The molecular weight excluding hydrogens is 398 g/mol. The van der Waals surface area contributed by atoms with Crippen LogP contribution in [0.2, 0.25) is 5.02 Å². The molecule has 30 heavy (non-hydrogen) atoms. The third-order valence-electron chi connectivity index (χ3n) is 5.31. The highest BCUT2D eigenvalue weighted by atomic mass is 35.5. The molecule has 0 bridgehead atoms. The summed E-state index contributed by atoms with van der Waals surface area (Å²) in [5, 5.41) is 3.91. The Morgan fingerprint density at radius 2 is 1.80 bits per heavy atom. The zero-order valence-electron chi connectivity index (χ0n) is 17.3. The van der Waals surface area contributed by atoms with Gasteiger partial charge >= 0.3 is 0 Å². The van der Waals surface area contributed by atoms with Gasteiger partial charge in [0.25, 0.3) is 0 Å². The van der Waals surface area contributed by atoms with Crippen molar-refractivity contribution in [1.82, 2.24) is 14.9 Å². The van der Waals surface area contributed by atoms with Gasteiger partial charge < -0.3 is 19.9 Å². The van der Waals surface area contributed by atoms with Crippen LogP contribution in [0.1, 0.15) is 11.3 Å². The second-order valence-corrected chi connectivity index (χ2v) is 7.89. The Morgan fingerprint density at radius 3 is 2.53 bits per heavy atom. The Bertz CT molecular complexity index is 987. The van der Waals surface area contributed by atoms with Crippen LogP contribution in [0.4, 0.5) is 17.3 Å². The van der Waals surface area contributed by atoms with E-state index in [1.54, 1.807) is 13.3 Å². The zero-order chi connectivity index (χ0) is 20.9. The molecule has 1 N–H and O–H groups in total. The molecule has 0 spiro atoms. The number of benzene rings is 2. The Balaban J connectivity index is 1.42. The number of nitrogens with zero attached hydrogens (tertiary/aromatic N) is 4. The lowest BCUT2D eigenvalue weighted by atomic mass is 10.1. The van der Waals surface area contributed by atoms with Crippen LogP contribution in [0.3, 0.4) is 0 Å². The third-order valence-corrected chi connectivity index (χ3v) is 5.62. The summed E-state index contributed by atoms with van der Waals surface area (Å²) in [5.41, 5.74) is 4.22. The fourth-order valence-corrected chi connectivity index (χ4v) is 3.72. The summed E-state index contributed by atoms with van der Waals surface area (Å²) < 4.78 is 5.30. The van der Waals surface area contributed by atoms with E-state index in [-0.39, 0.29) is 0 Å². The zero-order valence-corrected chi connectivity index (χ0v) is 18.1. The molecule has 1 aromatic heterocycles. The molecule has 0 radical (unpaired) electrons. The minimum Gasteiger partial charge on any atom is -0.495 e. The fraction of sp³-hybridized carbons (Fsp3) is 0.304. The van der Waals surface area contributed by atoms with Crippen LogP contribution in [-0.4, -0.2) is 55.2 Å². The Labute approximate surface area is 182 Å². The highest BCUT2D eigenvalue weighted by molar-refractivity contribution is 6.32. The lowest BCUT2D eigenvalue weighted by Crippen LogP contribution is -2.44. The number of hydrogen-bond donors (Lipinski definition) is 1. The monoisotopic (exact) mass is 423 g/mol. The van der Waals surface area contributed by atoms with Crippen LogP contribution in [0, 0.1) is 0 Å². The number of likely N-dealkylation sites (N-methyl/N-ethyl adjacent to an activating group) is 1. The summed E-state index contributed by atoms with van der Waals surface area (Å²) in [6.07, 6.45) is 2.45. The number of nitrogens with one attached hydrogen (secondary N) is 1. The minimum absolute atomic E-state index is 0.584. The van der Waals surface area contributed by atoms with Crippen molar-refractivity contribution < 1.29 is 4.74 Å². The molecule has 156 valence electrons. The van der Waals surface area contributed by atoms with Gasteiger partial charge in [0.15, 0.2) is 0 Å². The van der Waals surface area contributed by atoms with Crippen molar-refractivity contribution >= 4 is 28.9 Å². The Morgan fingerprint density at radius 1 is 1.03 bits per heavy atom. The number of rotatable bonds is 6. The van der Waals surface area contributed by atoms with Crippen LogP contribution in [0.15, 0.2) is 54.7 Å². The van der Waals surface area contributed by atoms with E-state index in [0.29, 0.717) is 23.1 Å². The van der Waals surface area contributed by atoms with Crippen LogP contribution in [0.25, 0.3) is 0 Å². The van der Waals surface area contributed by atoms with Crippen LogP contribution >= 0.6 is 11.6 Å². The van der Waals surface area contributed by atoms with Crippen molar-refractivity contribution in [3.63, 3.8) is 0 Å². The van der Waals surface area contributed by atoms with Gasteiger partial charge in [-0.2, -0.15) is 0 Å². The van der Waals surface area contributed by atoms with Gasteiger partial charge in [-0.05, 0) is 55.1 Å². The molecule has 0 unspecified atom stereocenters. The summed E-state index contributed by atoms with van der Waals surface area (Å²) in [6.45, 7) is 4.31. The molecule has 3 aromatic rings. The molecule has 1 aliphatic rings. The van der Waals surface area contributed by atoms with Crippen molar-refractivity contribution in [2.45, 2.75) is 6.42 Å². The predicted octanol–water partition coefficient (Wildman–Crippen LogP) is 4.22. The summed E-state index contributed by atoms with van der Waals surface area (Å²) in [6, 6.07) is 16.1. The highest BCUT2D eigenvalue weighted by Gasteiger charge is 2.14. The van der Waals surface area contributed by atoms with Crippen LogP contribution in [-0.2, 0) is 6.42 Å². The molecule has 4 rings (SSSR count). The lowest BCUT2D eigenvalue weighted by Gasteiger charge is -2.34. The average Bonchev–Trinajstić information content (AvgIpc) is 2.76. The molecule has 0 atom stereocenters. The molecule has 6 nitrogen and oxygen atoms in total. The largest absolute Gasteiger partial charge is 0.495 e. The molecule has 1 fully saturated rings. The lowest BCUT2D eigenvalue weighted by molar-refractivity contribution is 0.313. The number of hydrogen-bond acceptors (Lipinski definition) is 6. The van der Waals surface area contributed by atoms with Crippen molar-refractivity contribution in [2.75, 3.05) is 50.6 Å². The number of halogens is 1. The van der Waals surface area contributed by atoms with Gasteiger partial charge in [0.05, 0.1) is 17.8 Å². The highest BCUT2D eigenvalue weighted by Crippen LogP contribution is 2.26. The predicted molar refractivity (Wildman–Crippen MR) is 122 cm³/mol. The molecule has 1 saturated heterocycles. The van der Waals surface area contributed by atoms with E-state index in [1.807, 2.05) is 24.3 Å². The molecule has 0 amide bonds. The van der Waals surface area contributed by atoms with E-state index in [2.05, 4.69) is 56.4 Å². The maximum absolute atomic E-state index is 6.12. The average molecular weight is 424 g/mol. The van der Waals surface area contributed by atoms with E-state index in [1.165, 1.54) is 5.69 Å². The van der Waals surface area contributed by atoms with Crippen molar-refractivity contribution in [3.8, 4) is 5.75 Å². The first kappa shape index (κ1) is 20.4. The van der Waals surface area contributed by atoms with Gasteiger partial charge in [-0.15, -0.1) is 0 Å². The standard InChI is InChI=1S/C23H26ClN5O/c1-28-11-13-29(14-12-28)20-6-4-18(5-7-20)26-23-25-10-9-19(27-23)15-17-3-8-21(24)22(16-17)30-2/h3-10,16H,11-15H2,1-2H3,(H,25,26,27). The van der Waals surface area contributed by atoms with Gasteiger partial charge in [-0.25, -0.2) is 9.97 Å². The van der Waals surface area contributed by atoms with Crippen LogP contribution < -0.4 is 15.0 Å². The number of methoxy groups -OCH3 is 1. The molecule has 0 saturated carbocycles. The van der Waals surface area contributed by atoms with Crippen molar-refractivity contribution in [3.05, 3.63) is 71.0 Å². The first-order chi connectivity index (χ1) is 14.6. The first-order valence-corrected chi connectivity index (χ1v) is 10.4. The molecular formula is C23H26ClN5O. The topological polar surface area (TPSA) is 53.5 Å². The Hall–Kier alpha value is -2.83. The summed E-state index contributed by atoms with van der Waals surface area (Å²) in [5.74, 6) is 1.25. The van der Waals surface area contributed by atoms with Gasteiger partial charge in [-0.3, -0.25) is 0 Å². The number of anilines is 3. The Kier molecular flexibility index (Phi) is 6.35. The van der Waals surface area contributed by atoms with Gasteiger partial charge in [-0.1, -0.05) is 17.7 Å². The number of piperazine rings is 1. The fourth-order valence-electron chi connectivity index (χ4n) is 3.53. The van der Waals surface area contributed by atoms with Crippen LogP contribution in [0.5, 0.6) is 5.75 Å². The molecule has 0 aliphatic carbocycles. The third kappa shape index (κ3) is 5.01. The quantitative estimate of drug-likeness (QED) is 0.640. The summed E-state index contributed by atoms with van der Waals surface area (Å²) in [4.78, 5) is 13.8. The van der Waals surface area contributed by atoms with E-state index < -0.39 is 0 Å². The number of aromatic nitrogens is 2. The SMILES string of the molecule is COc1cc(Cc2ccnc(Nc3ccc(N4CCN(C)CC4)cc3)n2)ccc1Cl. The molecule has 2 heterocycles. The van der Waals surface area contributed by atoms with E-state index in [0.717, 1.165) is 43.1 Å². The maximum atomic E-state index is 6.12. The summed E-state index contributed by atoms with van der Waals surface area (Å²) in [7, 11) is 3.79. The van der Waals surface area contributed by atoms with Crippen molar-refractivity contribution in [2.24, 2.45) is 0 Å². The number of ether oxygens (including phenoxy) is 1. The second kappa shape index (κ2) is 9.32. The maximum Gasteiger partial charge on any atom is 0.227 e. The normalized spacial score (nSPS) is 14.6. The molecule has 2 aromatic carbocycles. The minimum atomic E-state index is 0.584.